The van der Waals surface area contributed by atoms with Crippen molar-refractivity contribution in [2.75, 3.05) is 46.4 Å². The minimum absolute atomic E-state index is 0.124. The SMILES string of the molecule is CCOC(=O)CN1CCN(Cc2ccc(OC)cc2)CC1. The summed E-state index contributed by atoms with van der Waals surface area (Å²) < 4.78 is 10.1. The van der Waals surface area contributed by atoms with Crippen molar-refractivity contribution in [1.82, 2.24) is 9.80 Å². The molecule has 0 bridgehead atoms. The van der Waals surface area contributed by atoms with Gasteiger partial charge in [0.1, 0.15) is 5.75 Å². The second kappa shape index (κ2) is 8.00. The lowest BCUT2D eigenvalue weighted by molar-refractivity contribution is -0.144. The van der Waals surface area contributed by atoms with Crippen LogP contribution in [0.15, 0.2) is 24.3 Å². The molecular formula is C16H24N2O3. The minimum Gasteiger partial charge on any atom is -0.497 e. The Morgan fingerprint density at radius 1 is 1.10 bits per heavy atom. The van der Waals surface area contributed by atoms with Crippen LogP contribution < -0.4 is 4.74 Å². The van der Waals surface area contributed by atoms with Crippen molar-refractivity contribution < 1.29 is 14.3 Å². The zero-order valence-corrected chi connectivity index (χ0v) is 12.9. The number of ether oxygens (including phenoxy) is 2. The van der Waals surface area contributed by atoms with Crippen LogP contribution >= 0.6 is 0 Å². The van der Waals surface area contributed by atoms with E-state index in [2.05, 4.69) is 21.9 Å². The Bertz CT molecular complexity index is 439. The van der Waals surface area contributed by atoms with Gasteiger partial charge in [0.05, 0.1) is 20.3 Å². The van der Waals surface area contributed by atoms with E-state index in [0.29, 0.717) is 13.2 Å². The molecule has 1 saturated heterocycles. The number of hydrogen-bond acceptors (Lipinski definition) is 5. The molecule has 1 aromatic rings. The van der Waals surface area contributed by atoms with Gasteiger partial charge in [0.2, 0.25) is 0 Å². The highest BCUT2D eigenvalue weighted by Gasteiger charge is 2.19. The number of nitrogens with zero attached hydrogens (tertiary/aromatic N) is 2. The fraction of sp³-hybridized carbons (Fsp3) is 0.562. The highest BCUT2D eigenvalue weighted by molar-refractivity contribution is 5.71. The zero-order valence-electron chi connectivity index (χ0n) is 12.9. The smallest absolute Gasteiger partial charge is 0.320 e. The van der Waals surface area contributed by atoms with Crippen molar-refractivity contribution in [3.63, 3.8) is 0 Å². The molecule has 0 spiro atoms. The monoisotopic (exact) mass is 292 g/mol. The fourth-order valence-corrected chi connectivity index (χ4v) is 2.48. The largest absolute Gasteiger partial charge is 0.497 e. The lowest BCUT2D eigenvalue weighted by atomic mass is 10.2. The van der Waals surface area contributed by atoms with Crippen LogP contribution in [-0.4, -0.2) is 62.2 Å². The van der Waals surface area contributed by atoms with Gasteiger partial charge in [-0.3, -0.25) is 14.6 Å². The van der Waals surface area contributed by atoms with Gasteiger partial charge >= 0.3 is 5.97 Å². The van der Waals surface area contributed by atoms with Gasteiger partial charge in [0, 0.05) is 32.7 Å². The van der Waals surface area contributed by atoms with E-state index in [4.69, 9.17) is 9.47 Å². The highest BCUT2D eigenvalue weighted by Crippen LogP contribution is 2.14. The quantitative estimate of drug-likeness (QED) is 0.741. The molecule has 2 rings (SSSR count). The van der Waals surface area contributed by atoms with Gasteiger partial charge in [-0.1, -0.05) is 12.1 Å². The molecule has 0 unspecified atom stereocenters. The zero-order chi connectivity index (χ0) is 15.1. The van der Waals surface area contributed by atoms with Gasteiger partial charge in [-0.05, 0) is 24.6 Å². The van der Waals surface area contributed by atoms with Crippen LogP contribution in [0.25, 0.3) is 0 Å². The van der Waals surface area contributed by atoms with Crippen LogP contribution in [0, 0.1) is 0 Å². The van der Waals surface area contributed by atoms with E-state index >= 15 is 0 Å². The standard InChI is InChI=1S/C16H24N2O3/c1-3-21-16(19)13-18-10-8-17(9-11-18)12-14-4-6-15(20-2)7-5-14/h4-7H,3,8-13H2,1-2H3. The Hall–Kier alpha value is -1.59. The molecule has 0 atom stereocenters. The molecule has 5 heteroatoms. The second-order valence-electron chi connectivity index (χ2n) is 5.21. The summed E-state index contributed by atoms with van der Waals surface area (Å²) in [5.74, 6) is 0.763. The van der Waals surface area contributed by atoms with Gasteiger partial charge in [0.25, 0.3) is 0 Å². The molecule has 0 saturated carbocycles. The maximum atomic E-state index is 11.5. The van der Waals surface area contributed by atoms with Crippen LogP contribution in [0.1, 0.15) is 12.5 Å². The predicted octanol–water partition coefficient (Wildman–Crippen LogP) is 1.38. The molecule has 1 aromatic carbocycles. The van der Waals surface area contributed by atoms with E-state index in [1.165, 1.54) is 5.56 Å². The van der Waals surface area contributed by atoms with Crippen LogP contribution in [0.5, 0.6) is 5.75 Å². The van der Waals surface area contributed by atoms with E-state index in [9.17, 15) is 4.79 Å². The molecule has 1 aliphatic rings. The second-order valence-corrected chi connectivity index (χ2v) is 5.21. The summed E-state index contributed by atoms with van der Waals surface area (Å²) >= 11 is 0. The van der Waals surface area contributed by atoms with Crippen molar-refractivity contribution in [2.24, 2.45) is 0 Å². The number of esters is 1. The van der Waals surface area contributed by atoms with E-state index in [0.717, 1.165) is 38.5 Å². The summed E-state index contributed by atoms with van der Waals surface area (Å²) in [6.45, 7) is 7.42. The predicted molar refractivity (Wildman–Crippen MR) is 81.3 cm³/mol. The number of benzene rings is 1. The van der Waals surface area contributed by atoms with E-state index in [1.54, 1.807) is 7.11 Å². The molecule has 5 nitrogen and oxygen atoms in total. The van der Waals surface area contributed by atoms with Gasteiger partial charge in [-0.2, -0.15) is 0 Å². The summed E-state index contributed by atoms with van der Waals surface area (Å²) in [7, 11) is 1.68. The first-order valence-corrected chi connectivity index (χ1v) is 7.44. The molecule has 1 fully saturated rings. The van der Waals surface area contributed by atoms with Crippen LogP contribution in [-0.2, 0) is 16.1 Å². The Kier molecular flexibility index (Phi) is 6.02. The molecular weight excluding hydrogens is 268 g/mol. The third-order valence-corrected chi connectivity index (χ3v) is 3.69. The van der Waals surface area contributed by atoms with Crippen molar-refractivity contribution in [1.29, 1.82) is 0 Å². The van der Waals surface area contributed by atoms with Gasteiger partial charge in [0.15, 0.2) is 0 Å². The third-order valence-electron chi connectivity index (χ3n) is 3.69. The van der Waals surface area contributed by atoms with Crippen molar-refractivity contribution in [3.8, 4) is 5.75 Å². The van der Waals surface area contributed by atoms with Crippen LogP contribution in [0.4, 0.5) is 0 Å². The van der Waals surface area contributed by atoms with E-state index < -0.39 is 0 Å². The number of hydrogen-bond donors (Lipinski definition) is 0. The molecule has 0 aromatic heterocycles. The fourth-order valence-electron chi connectivity index (χ4n) is 2.48. The molecule has 0 N–H and O–H groups in total. The summed E-state index contributed by atoms with van der Waals surface area (Å²) in [5, 5.41) is 0. The number of piperazine rings is 1. The number of methoxy groups -OCH3 is 1. The Morgan fingerprint density at radius 2 is 1.71 bits per heavy atom. The van der Waals surface area contributed by atoms with Gasteiger partial charge in [-0.25, -0.2) is 0 Å². The van der Waals surface area contributed by atoms with Gasteiger partial charge in [-0.15, -0.1) is 0 Å². The number of rotatable bonds is 6. The van der Waals surface area contributed by atoms with Gasteiger partial charge < -0.3 is 9.47 Å². The Labute approximate surface area is 126 Å². The minimum atomic E-state index is -0.124. The first kappa shape index (κ1) is 15.8. The van der Waals surface area contributed by atoms with E-state index in [1.807, 2.05) is 19.1 Å². The average Bonchev–Trinajstić information content (AvgIpc) is 2.50. The summed E-state index contributed by atoms with van der Waals surface area (Å²) in [6, 6.07) is 8.19. The lowest BCUT2D eigenvalue weighted by Gasteiger charge is -2.34. The summed E-state index contributed by atoms with van der Waals surface area (Å²) in [6.07, 6.45) is 0. The molecule has 1 heterocycles. The molecule has 0 radical (unpaired) electrons. The third kappa shape index (κ3) is 5.02. The first-order chi connectivity index (χ1) is 10.2. The Morgan fingerprint density at radius 3 is 2.29 bits per heavy atom. The molecule has 116 valence electrons. The maximum Gasteiger partial charge on any atom is 0.320 e. The topological polar surface area (TPSA) is 42.0 Å². The van der Waals surface area contributed by atoms with Crippen molar-refractivity contribution in [3.05, 3.63) is 29.8 Å². The molecule has 1 aliphatic heterocycles. The average molecular weight is 292 g/mol. The number of carbonyl (C=O) groups excluding carboxylic acids is 1. The maximum absolute atomic E-state index is 11.5. The summed E-state index contributed by atoms with van der Waals surface area (Å²) in [5.41, 5.74) is 1.29. The number of carbonyl (C=O) groups is 1. The normalized spacial score (nSPS) is 16.7. The van der Waals surface area contributed by atoms with Crippen molar-refractivity contribution in [2.45, 2.75) is 13.5 Å². The van der Waals surface area contributed by atoms with E-state index in [-0.39, 0.29) is 5.97 Å². The first-order valence-electron chi connectivity index (χ1n) is 7.44. The lowest BCUT2D eigenvalue weighted by Crippen LogP contribution is -2.47. The Balaban J connectivity index is 1.74. The molecule has 0 aliphatic carbocycles. The summed E-state index contributed by atoms with van der Waals surface area (Å²) in [4.78, 5) is 16.0. The molecule has 21 heavy (non-hydrogen) atoms. The van der Waals surface area contributed by atoms with Crippen molar-refractivity contribution >= 4 is 5.97 Å². The highest BCUT2D eigenvalue weighted by atomic mass is 16.5. The van der Waals surface area contributed by atoms with Crippen LogP contribution in [0.2, 0.25) is 0 Å². The molecule has 0 amide bonds. The van der Waals surface area contributed by atoms with Crippen LogP contribution in [0.3, 0.4) is 0 Å².